The Hall–Kier alpha value is -4.14. The first-order valence-electron chi connectivity index (χ1n) is 8.38. The van der Waals surface area contributed by atoms with Crippen LogP contribution in [0.4, 0.5) is 5.69 Å². The molecular weight excluding hydrogens is 378 g/mol. The molecule has 9 heteroatoms. The van der Waals surface area contributed by atoms with Gasteiger partial charge in [0.2, 0.25) is 0 Å². The minimum atomic E-state index is -0.851. The van der Waals surface area contributed by atoms with E-state index in [1.807, 2.05) is 0 Å². The molecule has 0 unspecified atom stereocenters. The predicted octanol–water partition coefficient (Wildman–Crippen LogP) is 2.99. The molecule has 1 aliphatic heterocycles. The zero-order valence-corrected chi connectivity index (χ0v) is 15.4. The Morgan fingerprint density at radius 1 is 1.10 bits per heavy atom. The lowest BCUT2D eigenvalue weighted by Crippen LogP contribution is -2.16. The number of nitrogens with zero attached hydrogens (tertiary/aromatic N) is 3. The first kappa shape index (κ1) is 19.6. The lowest BCUT2D eigenvalue weighted by atomic mass is 9.99. The highest BCUT2D eigenvalue weighted by molar-refractivity contribution is 6.36. The molecule has 1 heterocycles. The first-order chi connectivity index (χ1) is 13.8. The molecule has 1 aliphatic rings. The van der Waals surface area contributed by atoms with Crippen LogP contribution in [0.3, 0.4) is 0 Å². The van der Waals surface area contributed by atoms with Crippen LogP contribution < -0.4 is 0 Å². The van der Waals surface area contributed by atoms with Gasteiger partial charge in [-0.2, -0.15) is 4.99 Å². The first-order valence-corrected chi connectivity index (χ1v) is 8.38. The maximum atomic E-state index is 12.6. The molecular formula is C20H15N3O6. The number of hydrogen-bond donors (Lipinski definition) is 1. The van der Waals surface area contributed by atoms with E-state index in [4.69, 9.17) is 4.74 Å². The van der Waals surface area contributed by atoms with Crippen molar-refractivity contribution in [2.24, 2.45) is 9.98 Å². The predicted molar refractivity (Wildman–Crippen MR) is 104 cm³/mol. The topological polar surface area (TPSA) is 131 Å². The number of aliphatic hydroxyl groups is 1. The number of hydrogen-bond acceptors (Lipinski definition) is 6. The average molecular weight is 393 g/mol. The van der Waals surface area contributed by atoms with Gasteiger partial charge in [0.15, 0.2) is 5.84 Å². The van der Waals surface area contributed by atoms with E-state index in [1.165, 1.54) is 38.3 Å². The Morgan fingerprint density at radius 3 is 2.34 bits per heavy atom. The van der Waals surface area contributed by atoms with E-state index in [1.54, 1.807) is 24.3 Å². The molecule has 0 radical (unpaired) electrons. The van der Waals surface area contributed by atoms with Crippen LogP contribution in [0.1, 0.15) is 28.4 Å². The van der Waals surface area contributed by atoms with Crippen LogP contribution in [0, 0.1) is 10.1 Å². The number of aliphatic imine (C=N–C) groups is 2. The van der Waals surface area contributed by atoms with Gasteiger partial charge in [-0.15, -0.1) is 0 Å². The zero-order chi connectivity index (χ0) is 21.1. The van der Waals surface area contributed by atoms with Crippen LogP contribution in [-0.2, 0) is 9.53 Å². The zero-order valence-electron chi connectivity index (χ0n) is 15.4. The lowest BCUT2D eigenvalue weighted by molar-refractivity contribution is -0.385. The Bertz CT molecular complexity index is 1130. The summed E-state index contributed by atoms with van der Waals surface area (Å²) in [6.07, 6.45) is 0. The summed E-state index contributed by atoms with van der Waals surface area (Å²) in [5.74, 6) is -1.99. The van der Waals surface area contributed by atoms with E-state index in [0.717, 1.165) is 0 Å². The number of rotatable bonds is 4. The number of aliphatic hydroxyl groups excluding tert-OH is 1. The molecule has 0 aliphatic carbocycles. The van der Waals surface area contributed by atoms with Gasteiger partial charge < -0.3 is 9.84 Å². The standard InChI is InChI=1S/C20H15N3O6/c1-11(24)16(20(26)29-2)17-12-7-3-4-8-13(12)18(21-17)22-19(25)14-9-5-6-10-15(14)23(27)28/h3-10,24H,1-2H3. The maximum Gasteiger partial charge on any atom is 0.343 e. The summed E-state index contributed by atoms with van der Waals surface area (Å²) >= 11 is 0. The van der Waals surface area contributed by atoms with Crippen LogP contribution in [0.25, 0.3) is 0 Å². The average Bonchev–Trinajstić information content (AvgIpc) is 3.05. The number of benzene rings is 2. The van der Waals surface area contributed by atoms with Crippen LogP contribution in [0.15, 0.2) is 69.8 Å². The fraction of sp³-hybridized carbons (Fsp3) is 0.100. The number of nitro benzene ring substituents is 1. The van der Waals surface area contributed by atoms with E-state index < -0.39 is 16.8 Å². The molecule has 1 N–H and O–H groups in total. The van der Waals surface area contributed by atoms with Gasteiger partial charge >= 0.3 is 5.97 Å². The number of carbonyl (C=O) groups excluding carboxylic acids is 2. The third-order valence-corrected chi connectivity index (χ3v) is 4.17. The number of methoxy groups -OCH3 is 1. The van der Waals surface area contributed by atoms with Gasteiger partial charge in [0, 0.05) is 17.2 Å². The summed E-state index contributed by atoms with van der Waals surface area (Å²) < 4.78 is 4.71. The van der Waals surface area contributed by atoms with E-state index in [2.05, 4.69) is 9.98 Å². The highest BCUT2D eigenvalue weighted by atomic mass is 16.6. The Morgan fingerprint density at radius 2 is 1.72 bits per heavy atom. The molecule has 0 spiro atoms. The van der Waals surface area contributed by atoms with E-state index in [-0.39, 0.29) is 34.1 Å². The normalized spacial score (nSPS) is 14.7. The van der Waals surface area contributed by atoms with Gasteiger partial charge in [0.25, 0.3) is 11.6 Å². The molecule has 0 saturated heterocycles. The number of esters is 1. The van der Waals surface area contributed by atoms with Gasteiger partial charge in [-0.1, -0.05) is 36.4 Å². The van der Waals surface area contributed by atoms with Crippen molar-refractivity contribution in [2.75, 3.05) is 7.11 Å². The quantitative estimate of drug-likeness (QED) is 0.279. The van der Waals surface area contributed by atoms with Crippen molar-refractivity contribution >= 4 is 29.1 Å². The summed E-state index contributed by atoms with van der Waals surface area (Å²) in [6.45, 7) is 1.31. The Labute approximate surface area is 164 Å². The van der Waals surface area contributed by atoms with Gasteiger partial charge in [-0.05, 0) is 13.0 Å². The number of amides is 1. The van der Waals surface area contributed by atoms with Crippen molar-refractivity contribution in [1.29, 1.82) is 0 Å². The fourth-order valence-electron chi connectivity index (χ4n) is 2.87. The molecule has 3 rings (SSSR count). The number of nitro groups is 1. The second-order valence-corrected chi connectivity index (χ2v) is 5.97. The molecule has 9 nitrogen and oxygen atoms in total. The van der Waals surface area contributed by atoms with Gasteiger partial charge in [-0.25, -0.2) is 9.79 Å². The second-order valence-electron chi connectivity index (χ2n) is 5.97. The van der Waals surface area contributed by atoms with Crippen LogP contribution >= 0.6 is 0 Å². The van der Waals surface area contributed by atoms with Crippen molar-refractivity contribution in [3.8, 4) is 0 Å². The van der Waals surface area contributed by atoms with Gasteiger partial charge in [-0.3, -0.25) is 14.9 Å². The van der Waals surface area contributed by atoms with E-state index in [9.17, 15) is 24.8 Å². The van der Waals surface area contributed by atoms with Crippen molar-refractivity contribution in [3.63, 3.8) is 0 Å². The van der Waals surface area contributed by atoms with Crippen LogP contribution in [0.2, 0.25) is 0 Å². The molecule has 2 aromatic rings. The summed E-state index contributed by atoms with van der Waals surface area (Å²) in [6, 6.07) is 12.1. The van der Waals surface area contributed by atoms with Crippen LogP contribution in [-0.4, -0.2) is 40.6 Å². The number of para-hydroxylation sites is 1. The molecule has 1 amide bonds. The molecule has 2 aromatic carbocycles. The molecule has 146 valence electrons. The van der Waals surface area contributed by atoms with Crippen molar-refractivity contribution < 1.29 is 24.4 Å². The third-order valence-electron chi connectivity index (χ3n) is 4.17. The molecule has 0 saturated carbocycles. The minimum Gasteiger partial charge on any atom is -0.512 e. The van der Waals surface area contributed by atoms with Crippen molar-refractivity contribution in [3.05, 3.63) is 86.7 Å². The number of amidine groups is 1. The second kappa shape index (κ2) is 7.85. The summed E-state index contributed by atoms with van der Waals surface area (Å²) in [5.41, 5.74) is 0.282. The molecule has 0 atom stereocenters. The highest BCUT2D eigenvalue weighted by Crippen LogP contribution is 2.26. The maximum absolute atomic E-state index is 12.6. The SMILES string of the molecule is COC(=O)C(C1=NC(=NC(=O)c2ccccc2[N+](=O)[O-])c2ccccc21)=C(C)O. The molecule has 29 heavy (non-hydrogen) atoms. The molecule has 0 fully saturated rings. The molecule has 0 aromatic heterocycles. The highest BCUT2D eigenvalue weighted by Gasteiger charge is 2.30. The van der Waals surface area contributed by atoms with Gasteiger partial charge in [0.05, 0.1) is 17.7 Å². The summed E-state index contributed by atoms with van der Waals surface area (Å²) in [5, 5.41) is 21.1. The largest absolute Gasteiger partial charge is 0.512 e. The lowest BCUT2D eigenvalue weighted by Gasteiger charge is -2.07. The van der Waals surface area contributed by atoms with Gasteiger partial charge in [0.1, 0.15) is 16.9 Å². The van der Waals surface area contributed by atoms with E-state index in [0.29, 0.717) is 11.1 Å². The van der Waals surface area contributed by atoms with E-state index >= 15 is 0 Å². The number of carbonyl (C=O) groups is 2. The third kappa shape index (κ3) is 3.65. The number of allylic oxidation sites excluding steroid dienone is 1. The summed E-state index contributed by atoms with van der Waals surface area (Å²) in [7, 11) is 1.17. The number of ether oxygens (including phenoxy) is 1. The Kier molecular flexibility index (Phi) is 5.31. The minimum absolute atomic E-state index is 0.0265. The number of fused-ring (bicyclic) bond motifs is 1. The Balaban J connectivity index is 2.15. The summed E-state index contributed by atoms with van der Waals surface area (Å²) in [4.78, 5) is 43.4. The fourth-order valence-corrected chi connectivity index (χ4v) is 2.87. The van der Waals surface area contributed by atoms with Crippen molar-refractivity contribution in [2.45, 2.75) is 6.92 Å². The monoisotopic (exact) mass is 393 g/mol. The molecule has 0 bridgehead atoms. The van der Waals surface area contributed by atoms with Crippen molar-refractivity contribution in [1.82, 2.24) is 0 Å². The smallest absolute Gasteiger partial charge is 0.343 e. The van der Waals surface area contributed by atoms with Crippen LogP contribution in [0.5, 0.6) is 0 Å².